The van der Waals surface area contributed by atoms with Crippen molar-refractivity contribution in [3.05, 3.63) is 64.7 Å². The maximum atomic E-state index is 12.5. The molecule has 30 heavy (non-hydrogen) atoms. The number of anilines is 2. The summed E-state index contributed by atoms with van der Waals surface area (Å²) >= 11 is 0. The van der Waals surface area contributed by atoms with E-state index in [1.807, 2.05) is 29.2 Å². The Kier molecular flexibility index (Phi) is 7.65. The summed E-state index contributed by atoms with van der Waals surface area (Å²) in [5.74, 6) is 0.0698. The van der Waals surface area contributed by atoms with E-state index in [-0.39, 0.29) is 22.4 Å². The average Bonchev–Trinajstić information content (AvgIpc) is 2.79. The van der Waals surface area contributed by atoms with E-state index in [2.05, 4.69) is 29.3 Å². The summed E-state index contributed by atoms with van der Waals surface area (Å²) in [4.78, 5) is 27.8. The Morgan fingerprint density at radius 3 is 2.47 bits per heavy atom. The smallest absolute Gasteiger partial charge is 0.292 e. The lowest BCUT2D eigenvalue weighted by atomic mass is 9.95. The molecule has 0 bridgehead atoms. The number of nitrogens with zero attached hydrogens (tertiary/aromatic N) is 3. The predicted octanol–water partition coefficient (Wildman–Crippen LogP) is 3.84. The monoisotopic (exact) mass is 410 g/mol. The van der Waals surface area contributed by atoms with E-state index in [9.17, 15) is 14.9 Å². The van der Waals surface area contributed by atoms with E-state index in [1.54, 1.807) is 12.1 Å². The molecule has 2 aromatic carbocycles. The van der Waals surface area contributed by atoms with Crippen LogP contribution < -0.4 is 15.1 Å². The first-order valence-corrected chi connectivity index (χ1v) is 10.7. The number of nitro groups is 1. The average molecular weight is 411 g/mol. The number of piperidine rings is 1. The van der Waals surface area contributed by atoms with Crippen LogP contribution in [0, 0.1) is 16.0 Å². The molecule has 0 aromatic heterocycles. The number of rotatable bonds is 9. The molecule has 0 saturated carbocycles. The second-order valence-electron chi connectivity index (χ2n) is 7.57. The van der Waals surface area contributed by atoms with Crippen LogP contribution in [0.5, 0.6) is 0 Å². The van der Waals surface area contributed by atoms with Crippen LogP contribution in [0.3, 0.4) is 0 Å². The van der Waals surface area contributed by atoms with E-state index >= 15 is 0 Å². The van der Waals surface area contributed by atoms with Gasteiger partial charge in [0.05, 0.1) is 4.92 Å². The number of hydrogen-bond acceptors (Lipinski definition) is 5. The van der Waals surface area contributed by atoms with Crippen molar-refractivity contribution in [2.45, 2.75) is 26.2 Å². The molecule has 0 aliphatic carbocycles. The van der Waals surface area contributed by atoms with E-state index in [1.165, 1.54) is 11.8 Å². The van der Waals surface area contributed by atoms with Gasteiger partial charge in [0.2, 0.25) is 5.91 Å². The Morgan fingerprint density at radius 2 is 1.80 bits per heavy atom. The fourth-order valence-electron chi connectivity index (χ4n) is 4.00. The molecule has 3 rings (SSSR count). The van der Waals surface area contributed by atoms with Gasteiger partial charge >= 0.3 is 0 Å². The van der Waals surface area contributed by atoms with Gasteiger partial charge in [-0.2, -0.15) is 0 Å². The highest BCUT2D eigenvalue weighted by Gasteiger charge is 2.27. The number of hydrogen-bond donors (Lipinski definition) is 1. The third-order valence-electron chi connectivity index (χ3n) is 5.69. The zero-order valence-corrected chi connectivity index (χ0v) is 17.5. The van der Waals surface area contributed by atoms with Gasteiger partial charge in [-0.25, -0.2) is 0 Å². The SMILES string of the molecule is CCN(CCCNC(=O)C1CCN(c2ccccc2[N+](=O)[O-])CC1)c1ccccc1. The molecule has 1 fully saturated rings. The minimum atomic E-state index is -0.344. The molecule has 1 saturated heterocycles. The maximum Gasteiger partial charge on any atom is 0.292 e. The largest absolute Gasteiger partial charge is 0.372 e. The standard InChI is InChI=1S/C23H30N4O3/c1-2-25(20-9-4-3-5-10-20)16-8-15-24-23(28)19-13-17-26(18-14-19)21-11-6-7-12-22(21)27(29)30/h3-7,9-12,19H,2,8,13-18H2,1H3,(H,24,28). The van der Waals surface area contributed by atoms with Crippen LogP contribution in [0.25, 0.3) is 0 Å². The lowest BCUT2D eigenvalue weighted by molar-refractivity contribution is -0.384. The Hall–Kier alpha value is -3.09. The molecular weight excluding hydrogens is 380 g/mol. The molecule has 1 N–H and O–H groups in total. The van der Waals surface area contributed by atoms with Crippen molar-refractivity contribution < 1.29 is 9.72 Å². The van der Waals surface area contributed by atoms with Crippen molar-refractivity contribution in [2.24, 2.45) is 5.92 Å². The second-order valence-corrected chi connectivity index (χ2v) is 7.57. The number of para-hydroxylation sites is 3. The number of benzene rings is 2. The number of carbonyl (C=O) groups is 1. The van der Waals surface area contributed by atoms with Gasteiger partial charge in [-0.05, 0) is 44.4 Å². The first kappa shape index (κ1) is 21.6. The molecule has 2 aromatic rings. The van der Waals surface area contributed by atoms with Crippen LogP contribution in [-0.4, -0.2) is 43.6 Å². The lowest BCUT2D eigenvalue weighted by Gasteiger charge is -2.32. The fraction of sp³-hybridized carbons (Fsp3) is 0.435. The normalized spacial score (nSPS) is 14.4. The zero-order chi connectivity index (χ0) is 21.3. The van der Waals surface area contributed by atoms with Crippen molar-refractivity contribution in [1.29, 1.82) is 0 Å². The van der Waals surface area contributed by atoms with Crippen molar-refractivity contribution in [3.8, 4) is 0 Å². The van der Waals surface area contributed by atoms with E-state index in [0.29, 0.717) is 38.2 Å². The van der Waals surface area contributed by atoms with Crippen LogP contribution >= 0.6 is 0 Å². The highest BCUT2D eigenvalue weighted by Crippen LogP contribution is 2.31. The highest BCUT2D eigenvalue weighted by molar-refractivity contribution is 5.79. The first-order chi connectivity index (χ1) is 14.6. The molecule has 160 valence electrons. The number of carbonyl (C=O) groups excluding carboxylic acids is 1. The Balaban J connectivity index is 1.42. The van der Waals surface area contributed by atoms with Crippen LogP contribution in [0.1, 0.15) is 26.2 Å². The predicted molar refractivity (Wildman–Crippen MR) is 120 cm³/mol. The number of amides is 1. The van der Waals surface area contributed by atoms with E-state index in [4.69, 9.17) is 0 Å². The molecule has 1 heterocycles. The zero-order valence-electron chi connectivity index (χ0n) is 17.5. The van der Waals surface area contributed by atoms with Gasteiger partial charge in [0, 0.05) is 50.4 Å². The van der Waals surface area contributed by atoms with Gasteiger partial charge < -0.3 is 15.1 Å². The number of nitro benzene ring substituents is 1. The van der Waals surface area contributed by atoms with Crippen molar-refractivity contribution in [3.63, 3.8) is 0 Å². The minimum absolute atomic E-state index is 0.0274. The van der Waals surface area contributed by atoms with E-state index in [0.717, 1.165) is 19.5 Å². The summed E-state index contributed by atoms with van der Waals surface area (Å²) in [6.45, 7) is 5.93. The van der Waals surface area contributed by atoms with E-state index < -0.39 is 0 Å². The fourth-order valence-corrected chi connectivity index (χ4v) is 4.00. The summed E-state index contributed by atoms with van der Waals surface area (Å²) in [5.41, 5.74) is 1.97. The molecule has 1 amide bonds. The summed E-state index contributed by atoms with van der Waals surface area (Å²) in [6, 6.07) is 17.1. The van der Waals surface area contributed by atoms with Gasteiger partial charge in [0.25, 0.3) is 5.69 Å². The first-order valence-electron chi connectivity index (χ1n) is 10.7. The lowest BCUT2D eigenvalue weighted by Crippen LogP contribution is -2.41. The Bertz CT molecular complexity index is 835. The molecule has 1 aliphatic heterocycles. The van der Waals surface area contributed by atoms with Crippen LogP contribution in [0.2, 0.25) is 0 Å². The van der Waals surface area contributed by atoms with Crippen molar-refractivity contribution >= 4 is 23.0 Å². The quantitative estimate of drug-likeness (QED) is 0.386. The molecule has 0 atom stereocenters. The maximum absolute atomic E-state index is 12.5. The Labute approximate surface area is 177 Å². The highest BCUT2D eigenvalue weighted by atomic mass is 16.6. The Morgan fingerprint density at radius 1 is 1.13 bits per heavy atom. The van der Waals surface area contributed by atoms with Gasteiger partial charge in [-0.1, -0.05) is 30.3 Å². The molecule has 1 aliphatic rings. The molecule has 7 nitrogen and oxygen atoms in total. The van der Waals surface area contributed by atoms with Crippen LogP contribution in [-0.2, 0) is 4.79 Å². The van der Waals surface area contributed by atoms with Gasteiger partial charge in [-0.15, -0.1) is 0 Å². The van der Waals surface area contributed by atoms with Crippen LogP contribution in [0.4, 0.5) is 17.1 Å². The molecule has 0 unspecified atom stereocenters. The van der Waals surface area contributed by atoms with Gasteiger partial charge in [-0.3, -0.25) is 14.9 Å². The third-order valence-corrected chi connectivity index (χ3v) is 5.69. The topological polar surface area (TPSA) is 78.7 Å². The molecular formula is C23H30N4O3. The van der Waals surface area contributed by atoms with Crippen molar-refractivity contribution in [2.75, 3.05) is 42.5 Å². The summed E-state index contributed by atoms with van der Waals surface area (Å²) in [5, 5.41) is 14.3. The molecule has 0 spiro atoms. The van der Waals surface area contributed by atoms with Crippen molar-refractivity contribution in [1.82, 2.24) is 5.32 Å². The summed E-state index contributed by atoms with van der Waals surface area (Å²) < 4.78 is 0. The molecule has 0 radical (unpaired) electrons. The minimum Gasteiger partial charge on any atom is -0.372 e. The molecule has 7 heteroatoms. The van der Waals surface area contributed by atoms with Gasteiger partial charge in [0.15, 0.2) is 0 Å². The second kappa shape index (κ2) is 10.6. The van der Waals surface area contributed by atoms with Crippen LogP contribution in [0.15, 0.2) is 54.6 Å². The van der Waals surface area contributed by atoms with Gasteiger partial charge in [0.1, 0.15) is 5.69 Å². The summed E-state index contributed by atoms with van der Waals surface area (Å²) in [7, 11) is 0. The summed E-state index contributed by atoms with van der Waals surface area (Å²) in [6.07, 6.45) is 2.31. The number of nitrogens with one attached hydrogen (secondary N) is 1. The third kappa shape index (κ3) is 5.49.